The van der Waals surface area contributed by atoms with Crippen molar-refractivity contribution in [3.8, 4) is 0 Å². The van der Waals surface area contributed by atoms with Crippen LogP contribution >= 0.6 is 0 Å². The normalized spacial score (nSPS) is 23.5. The van der Waals surface area contributed by atoms with Crippen molar-refractivity contribution >= 4 is 5.97 Å². The number of rotatable bonds is 2. The molecule has 0 heterocycles. The summed E-state index contributed by atoms with van der Waals surface area (Å²) in [5.41, 5.74) is 1.13. The van der Waals surface area contributed by atoms with E-state index in [1.54, 1.807) is 0 Å². The van der Waals surface area contributed by atoms with E-state index in [2.05, 4.69) is 6.08 Å². The Hall–Kier alpha value is -0.790. The Morgan fingerprint density at radius 1 is 1.33 bits per heavy atom. The van der Waals surface area contributed by atoms with Crippen LogP contribution in [0.25, 0.3) is 0 Å². The minimum atomic E-state index is -0.693. The summed E-state index contributed by atoms with van der Waals surface area (Å²) in [4.78, 5) is 10.4. The van der Waals surface area contributed by atoms with E-state index in [0.29, 0.717) is 0 Å². The largest absolute Gasteiger partial charge is 0.481 e. The van der Waals surface area contributed by atoms with Gasteiger partial charge in [-0.2, -0.15) is 0 Å². The Bertz CT molecular complexity index is 182. The molecule has 1 rings (SSSR count). The van der Waals surface area contributed by atoms with Crippen LogP contribution in [0.1, 0.15) is 44.9 Å². The maximum absolute atomic E-state index is 10.4. The van der Waals surface area contributed by atoms with Gasteiger partial charge in [-0.1, -0.05) is 24.5 Å². The average molecular weight is 168 g/mol. The Kier molecular flexibility index (Phi) is 3.85. The molecule has 0 aliphatic heterocycles. The van der Waals surface area contributed by atoms with Crippen molar-refractivity contribution in [2.75, 3.05) is 0 Å². The lowest BCUT2D eigenvalue weighted by atomic mass is 9.98. The first kappa shape index (κ1) is 9.30. The van der Waals surface area contributed by atoms with Crippen LogP contribution < -0.4 is 0 Å². The molecule has 0 radical (unpaired) electrons. The summed E-state index contributed by atoms with van der Waals surface area (Å²) < 4.78 is 0. The predicted octanol–water partition coefficient (Wildman–Crippen LogP) is 2.74. The van der Waals surface area contributed by atoms with Gasteiger partial charge in [-0.25, -0.2) is 0 Å². The van der Waals surface area contributed by atoms with Gasteiger partial charge in [-0.05, 0) is 25.7 Å². The summed E-state index contributed by atoms with van der Waals surface area (Å²) in [6.45, 7) is 0. The monoisotopic (exact) mass is 168 g/mol. The van der Waals surface area contributed by atoms with E-state index < -0.39 is 5.97 Å². The molecular formula is C10H16O2. The first-order valence-electron chi connectivity index (χ1n) is 4.69. The van der Waals surface area contributed by atoms with Crippen LogP contribution in [0.3, 0.4) is 0 Å². The molecule has 0 unspecified atom stereocenters. The molecule has 12 heavy (non-hydrogen) atoms. The van der Waals surface area contributed by atoms with Gasteiger partial charge in [0.2, 0.25) is 0 Å². The minimum absolute atomic E-state index is 0.250. The topological polar surface area (TPSA) is 37.3 Å². The molecule has 0 bridgehead atoms. The molecule has 1 N–H and O–H groups in total. The second kappa shape index (κ2) is 4.96. The first-order chi connectivity index (χ1) is 5.79. The average Bonchev–Trinajstić information content (AvgIpc) is 1.93. The number of carbonyl (C=O) groups is 1. The molecule has 2 heteroatoms. The molecule has 0 saturated heterocycles. The van der Waals surface area contributed by atoms with Gasteiger partial charge >= 0.3 is 5.97 Å². The molecule has 0 spiro atoms. The lowest BCUT2D eigenvalue weighted by molar-refractivity contribution is -0.136. The third-order valence-electron chi connectivity index (χ3n) is 2.26. The maximum Gasteiger partial charge on any atom is 0.307 e. The van der Waals surface area contributed by atoms with Crippen LogP contribution in [0.4, 0.5) is 0 Å². The van der Waals surface area contributed by atoms with Crippen molar-refractivity contribution in [3.05, 3.63) is 11.6 Å². The quantitative estimate of drug-likeness (QED) is 0.644. The molecule has 0 fully saturated rings. The molecule has 2 nitrogen and oxygen atoms in total. The molecule has 0 amide bonds. The summed E-state index contributed by atoms with van der Waals surface area (Å²) in [6.07, 6.45) is 9.39. The molecule has 1 aliphatic rings. The zero-order chi connectivity index (χ0) is 8.81. The van der Waals surface area contributed by atoms with Crippen molar-refractivity contribution in [2.24, 2.45) is 0 Å². The van der Waals surface area contributed by atoms with Crippen LogP contribution in [-0.2, 0) is 4.79 Å². The van der Waals surface area contributed by atoms with Crippen LogP contribution in [0, 0.1) is 0 Å². The highest BCUT2D eigenvalue weighted by molar-refractivity contribution is 5.69. The molecular weight excluding hydrogens is 152 g/mol. The van der Waals surface area contributed by atoms with Crippen molar-refractivity contribution in [1.82, 2.24) is 0 Å². The zero-order valence-corrected chi connectivity index (χ0v) is 7.38. The molecule has 1 aliphatic carbocycles. The van der Waals surface area contributed by atoms with Gasteiger partial charge in [0, 0.05) is 0 Å². The molecule has 0 saturated carbocycles. The van der Waals surface area contributed by atoms with E-state index >= 15 is 0 Å². The first-order valence-corrected chi connectivity index (χ1v) is 4.69. The van der Waals surface area contributed by atoms with Gasteiger partial charge < -0.3 is 5.11 Å². The van der Waals surface area contributed by atoms with Crippen molar-refractivity contribution in [1.29, 1.82) is 0 Å². The van der Waals surface area contributed by atoms with Gasteiger partial charge in [-0.3, -0.25) is 4.79 Å². The number of hydrogen-bond donors (Lipinski definition) is 1. The maximum atomic E-state index is 10.4. The molecule has 0 aromatic rings. The predicted molar refractivity (Wildman–Crippen MR) is 48.0 cm³/mol. The standard InChI is InChI=1S/C10H16O2/c11-10(12)8-9-6-4-2-1-3-5-7-9/h6H,1-5,7-8H2,(H,11,12)/b9-6-. The molecule has 0 aromatic heterocycles. The van der Waals surface area contributed by atoms with Gasteiger partial charge in [0.15, 0.2) is 0 Å². The zero-order valence-electron chi connectivity index (χ0n) is 7.38. The summed E-state index contributed by atoms with van der Waals surface area (Å²) in [7, 11) is 0. The van der Waals surface area contributed by atoms with Crippen molar-refractivity contribution in [2.45, 2.75) is 44.9 Å². The fraction of sp³-hybridized carbons (Fsp3) is 0.700. The van der Waals surface area contributed by atoms with Gasteiger partial charge in [0.25, 0.3) is 0 Å². The number of carboxylic acids is 1. The number of carboxylic acid groups (broad SMARTS) is 1. The summed E-state index contributed by atoms with van der Waals surface area (Å²) in [6, 6.07) is 0. The van der Waals surface area contributed by atoms with E-state index in [1.165, 1.54) is 25.7 Å². The lowest BCUT2D eigenvalue weighted by Crippen LogP contribution is -1.99. The Labute approximate surface area is 73.3 Å². The van der Waals surface area contributed by atoms with E-state index in [4.69, 9.17) is 5.11 Å². The highest BCUT2D eigenvalue weighted by atomic mass is 16.4. The SMILES string of the molecule is O=C(O)C/C1=C\CCCCCC1. The summed E-state index contributed by atoms with van der Waals surface area (Å²) >= 11 is 0. The third kappa shape index (κ3) is 3.56. The fourth-order valence-corrected chi connectivity index (χ4v) is 1.61. The summed E-state index contributed by atoms with van der Waals surface area (Å²) in [5, 5.41) is 8.59. The molecule has 68 valence electrons. The fourth-order valence-electron chi connectivity index (χ4n) is 1.61. The minimum Gasteiger partial charge on any atom is -0.481 e. The highest BCUT2D eigenvalue weighted by Gasteiger charge is 2.05. The second-order valence-electron chi connectivity index (χ2n) is 3.39. The van der Waals surface area contributed by atoms with Crippen molar-refractivity contribution < 1.29 is 9.90 Å². The van der Waals surface area contributed by atoms with Gasteiger partial charge in [0.05, 0.1) is 6.42 Å². The van der Waals surface area contributed by atoms with E-state index in [9.17, 15) is 4.79 Å². The summed E-state index contributed by atoms with van der Waals surface area (Å²) in [5.74, 6) is -0.693. The highest BCUT2D eigenvalue weighted by Crippen LogP contribution is 2.18. The van der Waals surface area contributed by atoms with Gasteiger partial charge in [-0.15, -0.1) is 0 Å². The second-order valence-corrected chi connectivity index (χ2v) is 3.39. The smallest absolute Gasteiger partial charge is 0.307 e. The Balaban J connectivity index is 2.41. The van der Waals surface area contributed by atoms with E-state index in [1.807, 2.05) is 0 Å². The lowest BCUT2D eigenvalue weighted by Gasteiger charge is -2.08. The number of hydrogen-bond acceptors (Lipinski definition) is 1. The van der Waals surface area contributed by atoms with Gasteiger partial charge in [0.1, 0.15) is 0 Å². The van der Waals surface area contributed by atoms with Crippen LogP contribution in [0.2, 0.25) is 0 Å². The van der Waals surface area contributed by atoms with Crippen molar-refractivity contribution in [3.63, 3.8) is 0 Å². The number of aliphatic carboxylic acids is 1. The molecule has 0 aromatic carbocycles. The van der Waals surface area contributed by atoms with E-state index in [-0.39, 0.29) is 6.42 Å². The third-order valence-corrected chi connectivity index (χ3v) is 2.26. The number of allylic oxidation sites excluding steroid dienone is 1. The Morgan fingerprint density at radius 3 is 2.83 bits per heavy atom. The van der Waals surface area contributed by atoms with E-state index in [0.717, 1.165) is 18.4 Å². The Morgan fingerprint density at radius 2 is 2.08 bits per heavy atom. The van der Waals surface area contributed by atoms with Crippen LogP contribution in [0.15, 0.2) is 11.6 Å². The van der Waals surface area contributed by atoms with Crippen LogP contribution in [0.5, 0.6) is 0 Å². The van der Waals surface area contributed by atoms with Crippen LogP contribution in [-0.4, -0.2) is 11.1 Å². The molecule has 0 atom stereocenters.